The fourth-order valence-electron chi connectivity index (χ4n) is 3.35. The monoisotopic (exact) mass is 336 g/mol. The van der Waals surface area contributed by atoms with Gasteiger partial charge in [-0.1, -0.05) is 11.6 Å². The summed E-state index contributed by atoms with van der Waals surface area (Å²) in [5, 5.41) is 0.663. The van der Waals surface area contributed by atoms with Crippen LogP contribution in [0.25, 0.3) is 0 Å². The van der Waals surface area contributed by atoms with Gasteiger partial charge in [-0.2, -0.15) is 0 Å². The molecule has 2 aliphatic rings. The van der Waals surface area contributed by atoms with E-state index in [1.165, 1.54) is 0 Å². The molecule has 1 aromatic carbocycles. The van der Waals surface area contributed by atoms with Crippen molar-refractivity contribution in [1.29, 1.82) is 0 Å². The van der Waals surface area contributed by atoms with Crippen molar-refractivity contribution in [3.05, 3.63) is 29.3 Å². The van der Waals surface area contributed by atoms with Crippen molar-refractivity contribution in [2.24, 2.45) is 5.73 Å². The second kappa shape index (κ2) is 6.76. The highest BCUT2D eigenvalue weighted by atomic mass is 35.5. The average molecular weight is 337 g/mol. The first-order valence-corrected chi connectivity index (χ1v) is 8.29. The van der Waals surface area contributed by atoms with Gasteiger partial charge in [-0.15, -0.1) is 0 Å². The molecule has 1 atom stereocenters. The summed E-state index contributed by atoms with van der Waals surface area (Å²) in [6.07, 6.45) is 1.64. The minimum atomic E-state index is -0.382. The summed E-state index contributed by atoms with van der Waals surface area (Å²) in [7, 11) is 0. The van der Waals surface area contributed by atoms with Crippen LogP contribution in [-0.4, -0.2) is 60.5 Å². The minimum absolute atomic E-state index is 0.112. The lowest BCUT2D eigenvalue weighted by atomic mass is 10.2. The van der Waals surface area contributed by atoms with E-state index >= 15 is 0 Å². The van der Waals surface area contributed by atoms with E-state index in [0.29, 0.717) is 31.2 Å². The fourth-order valence-corrected chi connectivity index (χ4v) is 3.48. The lowest BCUT2D eigenvalue weighted by Gasteiger charge is -2.26. The molecule has 0 spiro atoms. The Balaban J connectivity index is 1.67. The molecule has 3 rings (SSSR count). The predicted molar refractivity (Wildman–Crippen MR) is 89.6 cm³/mol. The molecule has 2 fully saturated rings. The van der Waals surface area contributed by atoms with Crippen molar-refractivity contribution in [1.82, 2.24) is 9.80 Å². The van der Waals surface area contributed by atoms with Crippen molar-refractivity contribution in [2.75, 3.05) is 37.6 Å². The molecule has 7 heteroatoms. The number of nitrogens with two attached hydrogens (primary N) is 1. The van der Waals surface area contributed by atoms with Crippen LogP contribution in [0.2, 0.25) is 5.02 Å². The van der Waals surface area contributed by atoms with Gasteiger partial charge in [0, 0.05) is 43.4 Å². The highest BCUT2D eigenvalue weighted by Crippen LogP contribution is 2.26. The van der Waals surface area contributed by atoms with Crippen LogP contribution >= 0.6 is 11.6 Å². The normalized spacial score (nSPS) is 23.2. The van der Waals surface area contributed by atoms with Gasteiger partial charge in [-0.3, -0.25) is 9.69 Å². The Bertz CT molecular complexity index is 592. The molecule has 2 saturated heterocycles. The summed E-state index contributed by atoms with van der Waals surface area (Å²) < 4.78 is 0. The van der Waals surface area contributed by atoms with Crippen molar-refractivity contribution in [2.45, 2.75) is 18.9 Å². The molecule has 2 heterocycles. The van der Waals surface area contributed by atoms with E-state index in [0.717, 1.165) is 25.1 Å². The van der Waals surface area contributed by atoms with E-state index in [-0.39, 0.29) is 18.0 Å². The molecule has 0 saturated carbocycles. The number of hydrogen-bond acceptors (Lipinski definition) is 3. The molecule has 2 N–H and O–H groups in total. The van der Waals surface area contributed by atoms with Crippen molar-refractivity contribution >= 4 is 29.2 Å². The lowest BCUT2D eigenvalue weighted by Crippen LogP contribution is -2.44. The van der Waals surface area contributed by atoms with E-state index < -0.39 is 0 Å². The van der Waals surface area contributed by atoms with Crippen LogP contribution in [0, 0.1) is 0 Å². The van der Waals surface area contributed by atoms with Crippen molar-refractivity contribution in [3.63, 3.8) is 0 Å². The molecule has 2 aliphatic heterocycles. The second-order valence-corrected chi connectivity index (χ2v) is 6.42. The maximum atomic E-state index is 12.8. The van der Waals surface area contributed by atoms with Crippen LogP contribution in [0.5, 0.6) is 0 Å². The zero-order chi connectivity index (χ0) is 16.4. The summed E-state index contributed by atoms with van der Waals surface area (Å²) in [5.74, 6) is 0.125. The number of rotatable bonds is 2. The van der Waals surface area contributed by atoms with Crippen LogP contribution in [0.4, 0.5) is 10.5 Å². The third-order valence-corrected chi connectivity index (χ3v) is 4.85. The van der Waals surface area contributed by atoms with Crippen molar-refractivity contribution in [3.8, 4) is 0 Å². The van der Waals surface area contributed by atoms with E-state index in [1.54, 1.807) is 17.0 Å². The maximum absolute atomic E-state index is 12.8. The van der Waals surface area contributed by atoms with Gasteiger partial charge in [0.2, 0.25) is 5.91 Å². The molecule has 0 aromatic heterocycles. The SMILES string of the molecule is NC(=O)N1CCCN([C@@H]2CCN(c3ccc(Cl)cc3)C2=O)CC1. The lowest BCUT2D eigenvalue weighted by molar-refractivity contribution is -0.121. The number of carbonyl (C=O) groups is 2. The van der Waals surface area contributed by atoms with E-state index in [1.807, 2.05) is 17.0 Å². The summed E-state index contributed by atoms with van der Waals surface area (Å²) >= 11 is 5.91. The number of halogens is 1. The number of hydrogen-bond donors (Lipinski definition) is 1. The zero-order valence-corrected chi connectivity index (χ0v) is 13.7. The number of benzene rings is 1. The molecule has 0 bridgehead atoms. The Morgan fingerprint density at radius 3 is 2.52 bits per heavy atom. The van der Waals surface area contributed by atoms with Gasteiger partial charge in [0.15, 0.2) is 0 Å². The maximum Gasteiger partial charge on any atom is 0.314 e. The van der Waals surface area contributed by atoms with E-state index in [4.69, 9.17) is 17.3 Å². The zero-order valence-electron chi connectivity index (χ0n) is 12.9. The smallest absolute Gasteiger partial charge is 0.314 e. The number of nitrogens with zero attached hydrogens (tertiary/aromatic N) is 3. The molecule has 1 aromatic rings. The third-order valence-electron chi connectivity index (χ3n) is 4.60. The van der Waals surface area contributed by atoms with Gasteiger partial charge < -0.3 is 15.5 Å². The van der Waals surface area contributed by atoms with Crippen LogP contribution in [0.3, 0.4) is 0 Å². The van der Waals surface area contributed by atoms with Gasteiger partial charge in [-0.05, 0) is 37.1 Å². The van der Waals surface area contributed by atoms with Gasteiger partial charge in [0.25, 0.3) is 0 Å². The van der Waals surface area contributed by atoms with Gasteiger partial charge in [0.1, 0.15) is 0 Å². The van der Waals surface area contributed by atoms with Crippen LogP contribution in [-0.2, 0) is 4.79 Å². The number of urea groups is 1. The molecule has 23 heavy (non-hydrogen) atoms. The number of primary amides is 1. The molecule has 0 unspecified atom stereocenters. The number of amides is 3. The first-order chi connectivity index (χ1) is 11.1. The first-order valence-electron chi connectivity index (χ1n) is 7.91. The minimum Gasteiger partial charge on any atom is -0.351 e. The van der Waals surface area contributed by atoms with Crippen LogP contribution < -0.4 is 10.6 Å². The summed E-state index contributed by atoms with van der Waals surface area (Å²) in [6, 6.07) is 6.85. The summed E-state index contributed by atoms with van der Waals surface area (Å²) in [6.45, 7) is 3.46. The van der Waals surface area contributed by atoms with Gasteiger partial charge in [-0.25, -0.2) is 4.79 Å². The third kappa shape index (κ3) is 3.43. The molecule has 6 nitrogen and oxygen atoms in total. The Hall–Kier alpha value is -1.79. The summed E-state index contributed by atoms with van der Waals surface area (Å²) in [5.41, 5.74) is 6.24. The second-order valence-electron chi connectivity index (χ2n) is 5.99. The largest absolute Gasteiger partial charge is 0.351 e. The standard InChI is InChI=1S/C16H21ClN4O2/c17-12-2-4-13(5-3-12)21-9-6-14(15(21)22)19-7-1-8-20(11-10-19)16(18)23/h2-5,14H,1,6-11H2,(H2,18,23)/t14-/m1/s1. The molecule has 0 aliphatic carbocycles. The van der Waals surface area contributed by atoms with Gasteiger partial charge in [0.05, 0.1) is 6.04 Å². The number of carbonyl (C=O) groups excluding carboxylic acids is 2. The molecular weight excluding hydrogens is 316 g/mol. The van der Waals surface area contributed by atoms with E-state index in [2.05, 4.69) is 4.90 Å². The van der Waals surface area contributed by atoms with Crippen LogP contribution in [0.15, 0.2) is 24.3 Å². The predicted octanol–water partition coefficient (Wildman–Crippen LogP) is 1.53. The van der Waals surface area contributed by atoms with Gasteiger partial charge >= 0.3 is 6.03 Å². The topological polar surface area (TPSA) is 69.9 Å². The van der Waals surface area contributed by atoms with Crippen LogP contribution in [0.1, 0.15) is 12.8 Å². The Morgan fingerprint density at radius 1 is 1.09 bits per heavy atom. The summed E-state index contributed by atoms with van der Waals surface area (Å²) in [4.78, 5) is 29.7. The van der Waals surface area contributed by atoms with E-state index in [9.17, 15) is 9.59 Å². The quantitative estimate of drug-likeness (QED) is 0.890. The van der Waals surface area contributed by atoms with Crippen molar-refractivity contribution < 1.29 is 9.59 Å². The Labute approximate surface area is 140 Å². The Kier molecular flexibility index (Phi) is 4.73. The highest BCUT2D eigenvalue weighted by molar-refractivity contribution is 6.30. The Morgan fingerprint density at radius 2 is 1.83 bits per heavy atom. The average Bonchev–Trinajstić information content (AvgIpc) is 2.75. The molecular formula is C16H21ClN4O2. The molecule has 0 radical (unpaired) electrons. The number of anilines is 1. The molecule has 3 amide bonds. The molecule has 124 valence electrons. The fraction of sp³-hybridized carbons (Fsp3) is 0.500. The highest BCUT2D eigenvalue weighted by Gasteiger charge is 2.37. The first kappa shape index (κ1) is 16.1.